The number of nitrogens with one attached hydrogen (secondary N) is 1. The highest BCUT2D eigenvalue weighted by molar-refractivity contribution is 7.98. The lowest BCUT2D eigenvalue weighted by Crippen LogP contribution is -2.11. The Labute approximate surface area is 151 Å². The number of thioether (sulfide) groups is 1. The van der Waals surface area contributed by atoms with Crippen LogP contribution in [-0.2, 0) is 5.75 Å². The number of hydrogen-bond acceptors (Lipinski definition) is 6. The zero-order chi connectivity index (χ0) is 17.2. The zero-order valence-corrected chi connectivity index (χ0v) is 14.7. The van der Waals surface area contributed by atoms with E-state index in [-0.39, 0.29) is 16.7 Å². The van der Waals surface area contributed by atoms with Gasteiger partial charge in [-0.1, -0.05) is 23.1 Å². The molecule has 1 aliphatic carbocycles. The number of rotatable bonds is 6. The third-order valence-corrected chi connectivity index (χ3v) is 5.76. The molecule has 0 aliphatic heterocycles. The number of halogens is 1. The third-order valence-electron chi connectivity index (χ3n) is 3.66. The van der Waals surface area contributed by atoms with Gasteiger partial charge in [0.15, 0.2) is 5.16 Å². The summed E-state index contributed by atoms with van der Waals surface area (Å²) in [5.74, 6) is -0.0803. The molecule has 1 aliphatic rings. The Hall–Kier alpha value is -2.26. The molecule has 0 atom stereocenters. The molecule has 2 heterocycles. The lowest BCUT2D eigenvalue weighted by atomic mass is 10.3. The highest BCUT2D eigenvalue weighted by Gasteiger charge is 2.25. The molecule has 0 saturated heterocycles. The van der Waals surface area contributed by atoms with E-state index in [1.165, 1.54) is 48.4 Å². The third kappa shape index (κ3) is 3.88. The molecule has 1 amide bonds. The number of anilines is 1. The number of hydrogen-bond donors (Lipinski definition) is 1. The normalized spacial score (nSPS) is 13.8. The minimum atomic E-state index is -0.349. The second-order valence-electron chi connectivity index (χ2n) is 5.60. The van der Waals surface area contributed by atoms with Gasteiger partial charge in [-0.3, -0.25) is 4.79 Å². The van der Waals surface area contributed by atoms with Crippen LogP contribution in [0.25, 0.3) is 0 Å². The average Bonchev–Trinajstić information content (AvgIpc) is 3.16. The first kappa shape index (κ1) is 16.2. The van der Waals surface area contributed by atoms with E-state index in [1.807, 2.05) is 12.4 Å². The molecule has 9 heteroatoms. The Morgan fingerprint density at radius 3 is 2.88 bits per heavy atom. The van der Waals surface area contributed by atoms with Crippen LogP contribution in [0.4, 0.5) is 10.1 Å². The van der Waals surface area contributed by atoms with Gasteiger partial charge in [0.25, 0.3) is 5.91 Å². The maximum atomic E-state index is 12.9. The number of imidazole rings is 1. The summed E-state index contributed by atoms with van der Waals surface area (Å²) >= 11 is 2.84. The Bertz CT molecular complexity index is 888. The van der Waals surface area contributed by atoms with Gasteiger partial charge < -0.3 is 9.88 Å². The van der Waals surface area contributed by atoms with Crippen molar-refractivity contribution in [1.82, 2.24) is 19.7 Å². The molecule has 2 aromatic heterocycles. The molecule has 0 spiro atoms. The van der Waals surface area contributed by atoms with Crippen LogP contribution in [-0.4, -0.2) is 25.7 Å². The predicted molar refractivity (Wildman–Crippen MR) is 94.3 cm³/mol. The van der Waals surface area contributed by atoms with Gasteiger partial charge in [0, 0.05) is 24.1 Å². The van der Waals surface area contributed by atoms with E-state index in [2.05, 4.69) is 25.1 Å². The highest BCUT2D eigenvalue weighted by Crippen LogP contribution is 2.38. The van der Waals surface area contributed by atoms with Crippen molar-refractivity contribution in [3.05, 3.63) is 52.5 Å². The van der Waals surface area contributed by atoms with Gasteiger partial charge in [-0.2, -0.15) is 0 Å². The van der Waals surface area contributed by atoms with Crippen LogP contribution in [0.15, 0.2) is 41.8 Å². The SMILES string of the molecule is O=C(Nc1ccc(F)cc1)c1nnc(CSc2nccn2C2CC2)s1. The van der Waals surface area contributed by atoms with Crippen LogP contribution >= 0.6 is 23.1 Å². The van der Waals surface area contributed by atoms with Crippen LogP contribution in [0.2, 0.25) is 0 Å². The first-order valence-corrected chi connectivity index (χ1v) is 9.54. The minimum Gasteiger partial charge on any atom is -0.323 e. The second-order valence-corrected chi connectivity index (χ2v) is 7.60. The quantitative estimate of drug-likeness (QED) is 0.664. The number of aromatic nitrogens is 4. The van der Waals surface area contributed by atoms with Gasteiger partial charge in [-0.25, -0.2) is 9.37 Å². The van der Waals surface area contributed by atoms with E-state index in [0.29, 0.717) is 17.5 Å². The molecular weight excluding hydrogens is 361 g/mol. The summed E-state index contributed by atoms with van der Waals surface area (Å²) in [5.41, 5.74) is 0.518. The summed E-state index contributed by atoms with van der Waals surface area (Å²) in [6.45, 7) is 0. The van der Waals surface area contributed by atoms with Crippen molar-refractivity contribution in [2.24, 2.45) is 0 Å². The van der Waals surface area contributed by atoms with Gasteiger partial charge >= 0.3 is 0 Å². The van der Waals surface area contributed by atoms with Gasteiger partial charge in [0.1, 0.15) is 10.8 Å². The van der Waals surface area contributed by atoms with Gasteiger partial charge in [-0.05, 0) is 37.1 Å². The minimum absolute atomic E-state index is 0.283. The van der Waals surface area contributed by atoms with Crippen molar-refractivity contribution < 1.29 is 9.18 Å². The first-order valence-electron chi connectivity index (χ1n) is 7.74. The Balaban J connectivity index is 1.37. The van der Waals surface area contributed by atoms with Crippen LogP contribution < -0.4 is 5.32 Å². The molecule has 1 fully saturated rings. The van der Waals surface area contributed by atoms with Gasteiger partial charge in [0.05, 0.1) is 5.75 Å². The monoisotopic (exact) mass is 375 g/mol. The standard InChI is InChI=1S/C16H14FN5OS2/c17-10-1-3-11(4-2-10)19-14(23)15-21-20-13(25-15)9-24-16-18-7-8-22(16)12-5-6-12/h1-4,7-8,12H,5-6,9H2,(H,19,23). The van der Waals surface area contributed by atoms with E-state index in [9.17, 15) is 9.18 Å². The van der Waals surface area contributed by atoms with E-state index < -0.39 is 0 Å². The van der Waals surface area contributed by atoms with Crippen molar-refractivity contribution in [2.75, 3.05) is 5.32 Å². The summed E-state index contributed by atoms with van der Waals surface area (Å²) in [5, 5.41) is 12.7. The number of carbonyl (C=O) groups is 1. The molecule has 0 radical (unpaired) electrons. The molecule has 1 N–H and O–H groups in total. The molecule has 6 nitrogen and oxygen atoms in total. The van der Waals surface area contributed by atoms with E-state index in [1.54, 1.807) is 11.8 Å². The summed E-state index contributed by atoms with van der Waals surface area (Å²) < 4.78 is 15.1. The summed E-state index contributed by atoms with van der Waals surface area (Å²) in [4.78, 5) is 16.5. The van der Waals surface area contributed by atoms with Gasteiger partial charge in [0.2, 0.25) is 5.01 Å². The molecule has 1 aromatic carbocycles. The lowest BCUT2D eigenvalue weighted by Gasteiger charge is -2.03. The molecule has 4 rings (SSSR count). The van der Waals surface area contributed by atoms with Crippen LogP contribution in [0.3, 0.4) is 0 Å². The molecule has 3 aromatic rings. The number of benzene rings is 1. The van der Waals surface area contributed by atoms with Crippen molar-refractivity contribution in [3.63, 3.8) is 0 Å². The predicted octanol–water partition coefficient (Wildman–Crippen LogP) is 3.75. The van der Waals surface area contributed by atoms with Crippen LogP contribution in [0.1, 0.15) is 33.7 Å². The smallest absolute Gasteiger partial charge is 0.286 e. The largest absolute Gasteiger partial charge is 0.323 e. The number of carbonyl (C=O) groups excluding carboxylic acids is 1. The fourth-order valence-electron chi connectivity index (χ4n) is 2.29. The summed E-state index contributed by atoms with van der Waals surface area (Å²) in [6.07, 6.45) is 6.22. The van der Waals surface area contributed by atoms with Crippen molar-refractivity contribution in [2.45, 2.75) is 29.8 Å². The van der Waals surface area contributed by atoms with Gasteiger partial charge in [-0.15, -0.1) is 10.2 Å². The Kier molecular flexibility index (Phi) is 4.50. The fourth-order valence-corrected chi connectivity index (χ4v) is 4.04. The maximum absolute atomic E-state index is 12.9. The topological polar surface area (TPSA) is 72.7 Å². The van der Waals surface area contributed by atoms with Crippen molar-refractivity contribution in [3.8, 4) is 0 Å². The Morgan fingerprint density at radius 1 is 1.32 bits per heavy atom. The second kappa shape index (κ2) is 6.93. The van der Waals surface area contributed by atoms with E-state index >= 15 is 0 Å². The Morgan fingerprint density at radius 2 is 2.12 bits per heavy atom. The number of amides is 1. The molecule has 0 bridgehead atoms. The van der Waals surface area contributed by atoms with Crippen LogP contribution in [0, 0.1) is 5.82 Å². The van der Waals surface area contributed by atoms with E-state index in [4.69, 9.17) is 0 Å². The maximum Gasteiger partial charge on any atom is 0.286 e. The fraction of sp³-hybridized carbons (Fsp3) is 0.250. The first-order chi connectivity index (χ1) is 12.2. The zero-order valence-electron chi connectivity index (χ0n) is 13.1. The lowest BCUT2D eigenvalue weighted by molar-refractivity contribution is 0.102. The summed E-state index contributed by atoms with van der Waals surface area (Å²) in [7, 11) is 0. The average molecular weight is 375 g/mol. The molecular formula is C16H14FN5OS2. The highest BCUT2D eigenvalue weighted by atomic mass is 32.2. The number of nitrogens with zero attached hydrogens (tertiary/aromatic N) is 4. The van der Waals surface area contributed by atoms with E-state index in [0.717, 1.165) is 10.2 Å². The molecule has 128 valence electrons. The van der Waals surface area contributed by atoms with Crippen LogP contribution in [0.5, 0.6) is 0 Å². The van der Waals surface area contributed by atoms with Crippen molar-refractivity contribution in [1.29, 1.82) is 0 Å². The van der Waals surface area contributed by atoms with Crippen molar-refractivity contribution >= 4 is 34.7 Å². The summed E-state index contributed by atoms with van der Waals surface area (Å²) in [6, 6.07) is 6.17. The molecule has 25 heavy (non-hydrogen) atoms. The molecule has 0 unspecified atom stereocenters. The molecule has 1 saturated carbocycles.